The summed E-state index contributed by atoms with van der Waals surface area (Å²) in [6, 6.07) is 6.36. The van der Waals surface area contributed by atoms with Crippen molar-refractivity contribution in [3.8, 4) is 11.6 Å². The van der Waals surface area contributed by atoms with Gasteiger partial charge in [-0.1, -0.05) is 12.8 Å². The molecule has 5 rings (SSSR count). The number of halogens is 1. The molecule has 2 heterocycles. The molecular formula is C23H23FN2O4. The molecule has 1 atom stereocenters. The third-order valence-electron chi connectivity index (χ3n) is 6.01. The van der Waals surface area contributed by atoms with Crippen LogP contribution in [0.15, 0.2) is 30.5 Å². The summed E-state index contributed by atoms with van der Waals surface area (Å²) >= 11 is 0. The van der Waals surface area contributed by atoms with Gasteiger partial charge in [-0.25, -0.2) is 9.37 Å². The summed E-state index contributed by atoms with van der Waals surface area (Å²) in [5.41, 5.74) is 1.26. The molecule has 0 unspecified atom stereocenters. The topological polar surface area (TPSA) is 68.7 Å². The van der Waals surface area contributed by atoms with Crippen LogP contribution in [0.2, 0.25) is 0 Å². The second kappa shape index (κ2) is 7.70. The van der Waals surface area contributed by atoms with Crippen LogP contribution >= 0.6 is 0 Å². The minimum absolute atomic E-state index is 0.0730. The molecule has 1 aliphatic heterocycles. The van der Waals surface area contributed by atoms with E-state index < -0.39 is 11.9 Å². The molecule has 1 aromatic carbocycles. The van der Waals surface area contributed by atoms with Gasteiger partial charge >= 0.3 is 0 Å². The normalized spacial score (nSPS) is 20.6. The van der Waals surface area contributed by atoms with E-state index in [1.165, 1.54) is 23.8 Å². The van der Waals surface area contributed by atoms with Gasteiger partial charge in [-0.05, 0) is 42.5 Å². The Labute approximate surface area is 174 Å². The van der Waals surface area contributed by atoms with Crippen molar-refractivity contribution >= 4 is 17.4 Å². The van der Waals surface area contributed by atoms with Gasteiger partial charge in [-0.2, -0.15) is 0 Å². The number of nitrogens with zero attached hydrogens (tertiary/aromatic N) is 2. The number of rotatable bonds is 7. The molecule has 156 valence electrons. The Morgan fingerprint density at radius 2 is 2.00 bits per heavy atom. The number of amides is 1. The van der Waals surface area contributed by atoms with E-state index in [1.54, 1.807) is 24.4 Å². The smallest absolute Gasteiger partial charge is 0.268 e. The quantitative estimate of drug-likeness (QED) is 0.696. The molecule has 1 aromatic heterocycles. The molecule has 6 nitrogen and oxygen atoms in total. The molecule has 3 aliphatic rings. The van der Waals surface area contributed by atoms with Crippen molar-refractivity contribution in [2.45, 2.75) is 44.6 Å². The predicted octanol–water partition coefficient (Wildman–Crippen LogP) is 3.71. The minimum Gasteiger partial charge on any atom is -0.480 e. The van der Waals surface area contributed by atoms with Crippen molar-refractivity contribution in [2.75, 3.05) is 18.1 Å². The van der Waals surface area contributed by atoms with Crippen LogP contribution in [0.3, 0.4) is 0 Å². The number of carbonyl (C=O) groups is 2. The summed E-state index contributed by atoms with van der Waals surface area (Å²) in [6.07, 6.45) is 5.74. The van der Waals surface area contributed by atoms with E-state index in [2.05, 4.69) is 4.98 Å². The number of pyridine rings is 1. The van der Waals surface area contributed by atoms with E-state index in [1.807, 2.05) is 0 Å². The van der Waals surface area contributed by atoms with E-state index in [0.29, 0.717) is 60.9 Å². The van der Waals surface area contributed by atoms with Crippen LogP contribution < -0.4 is 14.4 Å². The maximum atomic E-state index is 14.4. The highest BCUT2D eigenvalue weighted by molar-refractivity contribution is 6.04. The van der Waals surface area contributed by atoms with Crippen LogP contribution in [-0.4, -0.2) is 35.9 Å². The SMILES string of the molecule is O=C1CCc2c(F)cc(N3CC[C@@H](Oc4ccnc(OCCC5CC5)c4)C3=O)cc21. The number of ether oxygens (including phenoxy) is 2. The first-order chi connectivity index (χ1) is 14.6. The molecule has 2 aliphatic carbocycles. The third kappa shape index (κ3) is 3.76. The van der Waals surface area contributed by atoms with Gasteiger partial charge in [0.2, 0.25) is 5.88 Å². The highest BCUT2D eigenvalue weighted by atomic mass is 19.1. The fourth-order valence-corrected chi connectivity index (χ4v) is 4.12. The Hall–Kier alpha value is -2.96. The van der Waals surface area contributed by atoms with Crippen molar-refractivity contribution in [2.24, 2.45) is 5.92 Å². The fourth-order valence-electron chi connectivity index (χ4n) is 4.12. The van der Waals surface area contributed by atoms with Crippen molar-refractivity contribution in [3.05, 3.63) is 47.4 Å². The van der Waals surface area contributed by atoms with Gasteiger partial charge in [0.25, 0.3) is 5.91 Å². The van der Waals surface area contributed by atoms with Crippen molar-refractivity contribution in [3.63, 3.8) is 0 Å². The number of fused-ring (bicyclic) bond motifs is 1. The number of aromatic nitrogens is 1. The molecule has 0 radical (unpaired) electrons. The fraction of sp³-hybridized carbons (Fsp3) is 0.435. The molecule has 30 heavy (non-hydrogen) atoms. The second-order valence-corrected chi connectivity index (χ2v) is 8.17. The van der Waals surface area contributed by atoms with Crippen LogP contribution in [0.4, 0.5) is 10.1 Å². The highest BCUT2D eigenvalue weighted by Gasteiger charge is 2.36. The molecule has 0 N–H and O–H groups in total. The number of ketones is 1. The van der Waals surface area contributed by atoms with Gasteiger partial charge in [0.1, 0.15) is 11.6 Å². The third-order valence-corrected chi connectivity index (χ3v) is 6.01. The molecular weight excluding hydrogens is 387 g/mol. The lowest BCUT2D eigenvalue weighted by Crippen LogP contribution is -2.32. The van der Waals surface area contributed by atoms with Crippen molar-refractivity contribution < 1.29 is 23.5 Å². The van der Waals surface area contributed by atoms with E-state index >= 15 is 0 Å². The minimum atomic E-state index is -0.668. The number of hydrogen-bond acceptors (Lipinski definition) is 5. The first-order valence-corrected chi connectivity index (χ1v) is 10.5. The van der Waals surface area contributed by atoms with Gasteiger partial charge in [0.05, 0.1) is 6.61 Å². The van der Waals surface area contributed by atoms with E-state index in [4.69, 9.17) is 9.47 Å². The van der Waals surface area contributed by atoms with Gasteiger partial charge in [0, 0.05) is 42.9 Å². The Balaban J connectivity index is 1.26. The Morgan fingerprint density at radius 3 is 2.83 bits per heavy atom. The van der Waals surface area contributed by atoms with Gasteiger partial charge in [0.15, 0.2) is 11.9 Å². The Morgan fingerprint density at radius 1 is 1.13 bits per heavy atom. The molecule has 7 heteroatoms. The first kappa shape index (κ1) is 19.0. The van der Waals surface area contributed by atoms with Gasteiger partial charge in [-0.15, -0.1) is 0 Å². The van der Waals surface area contributed by atoms with Crippen molar-refractivity contribution in [1.29, 1.82) is 0 Å². The summed E-state index contributed by atoms with van der Waals surface area (Å²) in [6.45, 7) is 1.03. The Kier molecular flexibility index (Phi) is 4.89. The maximum Gasteiger partial charge on any atom is 0.268 e. The maximum absolute atomic E-state index is 14.4. The van der Waals surface area contributed by atoms with Crippen LogP contribution in [0, 0.1) is 11.7 Å². The average molecular weight is 410 g/mol. The monoisotopic (exact) mass is 410 g/mol. The molecule has 1 saturated heterocycles. The molecule has 1 saturated carbocycles. The average Bonchev–Trinajstić information content (AvgIpc) is 3.39. The second-order valence-electron chi connectivity index (χ2n) is 8.17. The first-order valence-electron chi connectivity index (χ1n) is 10.5. The zero-order valence-corrected chi connectivity index (χ0v) is 16.6. The van der Waals surface area contributed by atoms with Crippen molar-refractivity contribution in [1.82, 2.24) is 4.98 Å². The summed E-state index contributed by atoms with van der Waals surface area (Å²) in [7, 11) is 0. The van der Waals surface area contributed by atoms with Crippen LogP contribution in [-0.2, 0) is 11.2 Å². The lowest BCUT2D eigenvalue weighted by Gasteiger charge is -2.18. The number of benzene rings is 1. The molecule has 0 bridgehead atoms. The van der Waals surface area contributed by atoms with Crippen LogP contribution in [0.25, 0.3) is 0 Å². The Bertz CT molecular complexity index is 1000. The molecule has 1 amide bonds. The summed E-state index contributed by atoms with van der Waals surface area (Å²) in [5.74, 6) is 1.04. The standard InChI is InChI=1S/C23H23FN2O4/c24-19-12-15(11-18-17(19)3-4-20(18)27)26-9-6-21(23(26)28)30-16-5-8-25-22(13-16)29-10-7-14-1-2-14/h5,8,11-14,21H,1-4,6-7,9-10H2/t21-/m1/s1. The van der Waals surface area contributed by atoms with Gasteiger partial charge in [-0.3, -0.25) is 9.59 Å². The van der Waals surface area contributed by atoms with E-state index in [-0.39, 0.29) is 11.7 Å². The summed E-state index contributed by atoms with van der Waals surface area (Å²) < 4.78 is 26.0. The number of anilines is 1. The number of Topliss-reactive ketones (excluding diaryl/α,β-unsaturated/α-hetero) is 1. The number of hydrogen-bond donors (Lipinski definition) is 0. The highest BCUT2D eigenvalue weighted by Crippen LogP contribution is 2.33. The number of carbonyl (C=O) groups excluding carboxylic acids is 2. The lowest BCUT2D eigenvalue weighted by molar-refractivity contribution is -0.122. The lowest BCUT2D eigenvalue weighted by atomic mass is 10.1. The molecule has 2 aromatic rings. The van der Waals surface area contributed by atoms with E-state index in [9.17, 15) is 14.0 Å². The van der Waals surface area contributed by atoms with Gasteiger partial charge < -0.3 is 14.4 Å². The van der Waals surface area contributed by atoms with E-state index in [0.717, 1.165) is 12.3 Å². The van der Waals surface area contributed by atoms with Crippen LogP contribution in [0.1, 0.15) is 48.0 Å². The molecule has 0 spiro atoms. The summed E-state index contributed by atoms with van der Waals surface area (Å²) in [5, 5.41) is 0. The predicted molar refractivity (Wildman–Crippen MR) is 108 cm³/mol. The van der Waals surface area contributed by atoms with Crippen LogP contribution in [0.5, 0.6) is 11.6 Å². The molecule has 2 fully saturated rings. The zero-order chi connectivity index (χ0) is 20.7. The zero-order valence-electron chi connectivity index (χ0n) is 16.6. The largest absolute Gasteiger partial charge is 0.480 e. The summed E-state index contributed by atoms with van der Waals surface area (Å²) in [4.78, 5) is 30.6.